The van der Waals surface area contributed by atoms with Crippen LogP contribution in [0.15, 0.2) is 24.3 Å². The third-order valence-electron chi connectivity index (χ3n) is 4.70. The van der Waals surface area contributed by atoms with Gasteiger partial charge in [0.15, 0.2) is 5.79 Å². The zero-order valence-electron chi connectivity index (χ0n) is 12.5. The van der Waals surface area contributed by atoms with Crippen LogP contribution < -0.4 is 5.32 Å². The van der Waals surface area contributed by atoms with Gasteiger partial charge in [-0.05, 0) is 37.8 Å². The van der Waals surface area contributed by atoms with Crippen molar-refractivity contribution in [1.29, 1.82) is 0 Å². The first-order valence-electron chi connectivity index (χ1n) is 7.78. The molecule has 3 rings (SSSR count). The summed E-state index contributed by atoms with van der Waals surface area (Å²) in [6.45, 7) is 5.97. The maximum Gasteiger partial charge on any atom is 0.168 e. The molecule has 2 aliphatic rings. The van der Waals surface area contributed by atoms with Gasteiger partial charge in [0.25, 0.3) is 0 Å². The van der Waals surface area contributed by atoms with E-state index < -0.39 is 0 Å². The molecule has 110 valence electrons. The Morgan fingerprint density at radius 3 is 2.45 bits per heavy atom. The van der Waals surface area contributed by atoms with Gasteiger partial charge in [-0.1, -0.05) is 24.3 Å². The molecule has 20 heavy (non-hydrogen) atoms. The lowest BCUT2D eigenvalue weighted by molar-refractivity contribution is -0.179. The van der Waals surface area contributed by atoms with Crippen molar-refractivity contribution >= 4 is 0 Å². The summed E-state index contributed by atoms with van der Waals surface area (Å²) in [5.41, 5.74) is 2.77. The summed E-state index contributed by atoms with van der Waals surface area (Å²) in [6.07, 6.45) is 4.31. The summed E-state index contributed by atoms with van der Waals surface area (Å²) >= 11 is 0. The highest BCUT2D eigenvalue weighted by Crippen LogP contribution is 2.36. The Kier molecular flexibility index (Phi) is 4.11. The fraction of sp³-hybridized carbons (Fsp3) is 0.647. The molecule has 1 spiro atoms. The molecule has 1 aliphatic carbocycles. The van der Waals surface area contributed by atoms with E-state index in [1.165, 1.54) is 11.1 Å². The second-order valence-electron chi connectivity index (χ2n) is 6.13. The molecule has 0 radical (unpaired) electrons. The molecular formula is C17H25NO2. The Bertz CT molecular complexity index is 444. The summed E-state index contributed by atoms with van der Waals surface area (Å²) in [6, 6.07) is 9.61. The van der Waals surface area contributed by atoms with Crippen LogP contribution in [0.2, 0.25) is 0 Å². The van der Waals surface area contributed by atoms with E-state index in [1.807, 2.05) is 0 Å². The molecule has 0 amide bonds. The van der Waals surface area contributed by atoms with Gasteiger partial charge in [-0.3, -0.25) is 0 Å². The molecule has 0 bridgehead atoms. The van der Waals surface area contributed by atoms with Crippen molar-refractivity contribution in [3.05, 3.63) is 35.4 Å². The maximum atomic E-state index is 5.79. The second-order valence-corrected chi connectivity index (χ2v) is 6.13. The summed E-state index contributed by atoms with van der Waals surface area (Å²) in [5, 5.41) is 3.77. The molecule has 1 saturated carbocycles. The third kappa shape index (κ3) is 2.90. The lowest BCUT2D eigenvalue weighted by atomic mass is 9.89. The molecule has 0 aromatic heterocycles. The van der Waals surface area contributed by atoms with E-state index in [1.54, 1.807) is 0 Å². The van der Waals surface area contributed by atoms with Gasteiger partial charge in [-0.25, -0.2) is 0 Å². The molecule has 1 aliphatic heterocycles. The first-order chi connectivity index (χ1) is 9.69. The third-order valence-corrected chi connectivity index (χ3v) is 4.70. The monoisotopic (exact) mass is 275 g/mol. The number of benzene rings is 1. The summed E-state index contributed by atoms with van der Waals surface area (Å²) in [4.78, 5) is 0. The highest BCUT2D eigenvalue weighted by atomic mass is 16.7. The Labute approximate surface area is 121 Å². The number of ether oxygens (including phenoxy) is 2. The van der Waals surface area contributed by atoms with E-state index in [4.69, 9.17) is 9.47 Å². The molecule has 1 heterocycles. The van der Waals surface area contributed by atoms with Crippen molar-refractivity contribution in [2.24, 2.45) is 0 Å². The molecule has 1 atom stereocenters. The molecule has 1 aromatic carbocycles. The summed E-state index contributed by atoms with van der Waals surface area (Å²) in [7, 11) is 0. The van der Waals surface area contributed by atoms with Gasteiger partial charge in [0.05, 0.1) is 13.2 Å². The quantitative estimate of drug-likeness (QED) is 0.918. The predicted molar refractivity (Wildman–Crippen MR) is 79.6 cm³/mol. The average molecular weight is 275 g/mol. The Morgan fingerprint density at radius 2 is 1.80 bits per heavy atom. The van der Waals surface area contributed by atoms with E-state index in [9.17, 15) is 0 Å². The largest absolute Gasteiger partial charge is 0.348 e. The molecule has 0 unspecified atom stereocenters. The van der Waals surface area contributed by atoms with Gasteiger partial charge in [0, 0.05) is 24.9 Å². The van der Waals surface area contributed by atoms with Gasteiger partial charge < -0.3 is 14.8 Å². The zero-order valence-corrected chi connectivity index (χ0v) is 12.5. The summed E-state index contributed by atoms with van der Waals surface area (Å²) < 4.78 is 11.6. The second kappa shape index (κ2) is 5.84. The van der Waals surface area contributed by atoms with Crippen molar-refractivity contribution in [3.8, 4) is 0 Å². The topological polar surface area (TPSA) is 30.5 Å². The average Bonchev–Trinajstić information content (AvgIpc) is 2.90. The van der Waals surface area contributed by atoms with E-state index in [0.717, 1.165) is 38.9 Å². The zero-order chi connectivity index (χ0) is 14.0. The normalized spacial score (nSPS) is 24.1. The lowest BCUT2D eigenvalue weighted by Gasteiger charge is -2.37. The minimum atomic E-state index is -0.246. The van der Waals surface area contributed by atoms with Crippen LogP contribution >= 0.6 is 0 Å². The molecule has 1 N–H and O–H groups in total. The van der Waals surface area contributed by atoms with Crippen molar-refractivity contribution in [2.45, 2.75) is 57.4 Å². The molecule has 3 nitrogen and oxygen atoms in total. The van der Waals surface area contributed by atoms with Gasteiger partial charge in [-0.15, -0.1) is 0 Å². The predicted octanol–water partition coefficient (Wildman–Crippen LogP) is 3.33. The Morgan fingerprint density at radius 1 is 1.15 bits per heavy atom. The Hall–Kier alpha value is -0.900. The van der Waals surface area contributed by atoms with Crippen molar-refractivity contribution in [2.75, 3.05) is 13.2 Å². The molecule has 1 aromatic rings. The standard InChI is InChI=1S/C17H25NO2/c1-13-5-3-4-6-16(13)14(2)18-15-7-9-17(10-8-15)19-11-12-20-17/h3-6,14-15,18H,7-12H2,1-2H3/t14-/m0/s1. The highest BCUT2D eigenvalue weighted by Gasteiger charge is 2.40. The first kappa shape index (κ1) is 14.1. The first-order valence-corrected chi connectivity index (χ1v) is 7.78. The number of hydrogen-bond acceptors (Lipinski definition) is 3. The van der Waals surface area contributed by atoms with Gasteiger partial charge in [0.1, 0.15) is 0 Å². The van der Waals surface area contributed by atoms with E-state index in [0.29, 0.717) is 12.1 Å². The molecule has 1 saturated heterocycles. The fourth-order valence-corrected chi connectivity index (χ4v) is 3.53. The smallest absolute Gasteiger partial charge is 0.168 e. The van der Waals surface area contributed by atoms with E-state index >= 15 is 0 Å². The van der Waals surface area contributed by atoms with Crippen LogP contribution in [0.5, 0.6) is 0 Å². The number of rotatable bonds is 3. The minimum absolute atomic E-state index is 0.246. The maximum absolute atomic E-state index is 5.79. The summed E-state index contributed by atoms with van der Waals surface area (Å²) in [5.74, 6) is -0.246. The van der Waals surface area contributed by atoms with Crippen LogP contribution in [-0.4, -0.2) is 25.0 Å². The Balaban J connectivity index is 1.56. The molecule has 2 fully saturated rings. The van der Waals surface area contributed by atoms with Crippen molar-refractivity contribution in [3.63, 3.8) is 0 Å². The molecule has 3 heteroatoms. The van der Waals surface area contributed by atoms with E-state index in [-0.39, 0.29) is 5.79 Å². The van der Waals surface area contributed by atoms with Crippen molar-refractivity contribution < 1.29 is 9.47 Å². The fourth-order valence-electron chi connectivity index (χ4n) is 3.53. The van der Waals surface area contributed by atoms with Crippen LogP contribution in [0.3, 0.4) is 0 Å². The van der Waals surface area contributed by atoms with Crippen molar-refractivity contribution in [1.82, 2.24) is 5.32 Å². The van der Waals surface area contributed by atoms with Crippen LogP contribution in [0.25, 0.3) is 0 Å². The number of nitrogens with one attached hydrogen (secondary N) is 1. The SMILES string of the molecule is Cc1ccccc1[C@H](C)NC1CCC2(CC1)OCCO2. The van der Waals surface area contributed by atoms with Gasteiger partial charge in [-0.2, -0.15) is 0 Å². The number of hydrogen-bond donors (Lipinski definition) is 1. The number of aryl methyl sites for hydroxylation is 1. The van der Waals surface area contributed by atoms with Gasteiger partial charge >= 0.3 is 0 Å². The van der Waals surface area contributed by atoms with E-state index in [2.05, 4.69) is 43.4 Å². The van der Waals surface area contributed by atoms with Crippen LogP contribution in [0.4, 0.5) is 0 Å². The van der Waals surface area contributed by atoms with Crippen LogP contribution in [0.1, 0.15) is 49.8 Å². The lowest BCUT2D eigenvalue weighted by Crippen LogP contribution is -2.42. The molecular weight excluding hydrogens is 250 g/mol. The van der Waals surface area contributed by atoms with Gasteiger partial charge in [0.2, 0.25) is 0 Å². The van der Waals surface area contributed by atoms with Crippen LogP contribution in [0, 0.1) is 6.92 Å². The minimum Gasteiger partial charge on any atom is -0.348 e. The highest BCUT2D eigenvalue weighted by molar-refractivity contribution is 5.28. The van der Waals surface area contributed by atoms with Crippen LogP contribution in [-0.2, 0) is 9.47 Å².